The van der Waals surface area contributed by atoms with Gasteiger partial charge in [0.1, 0.15) is 11.5 Å². The van der Waals surface area contributed by atoms with Crippen molar-refractivity contribution in [2.75, 3.05) is 52.4 Å². The van der Waals surface area contributed by atoms with E-state index in [1.165, 1.54) is 0 Å². The molecule has 4 N–H and O–H groups in total. The molecule has 2 aliphatic rings. The second-order valence-corrected chi connectivity index (χ2v) is 7.51. The summed E-state index contributed by atoms with van der Waals surface area (Å²) in [5, 5.41) is 10.3. The number of amides is 2. The smallest absolute Gasteiger partial charge is 0.265 e. The van der Waals surface area contributed by atoms with Crippen LogP contribution in [-0.2, 0) is 0 Å². The van der Waals surface area contributed by atoms with Gasteiger partial charge in [-0.25, -0.2) is 10.0 Å². The highest BCUT2D eigenvalue weighted by atomic mass is 16.5. The molecule has 9 nitrogen and oxygen atoms in total. The Balaban J connectivity index is 1.29. The molecule has 0 bridgehead atoms. The molecular weight excluding hydrogens is 396 g/mol. The van der Waals surface area contributed by atoms with Crippen LogP contribution in [0.15, 0.2) is 48.5 Å². The van der Waals surface area contributed by atoms with Crippen molar-refractivity contribution in [3.05, 3.63) is 59.7 Å². The number of hydrogen-bond donors (Lipinski definition) is 4. The van der Waals surface area contributed by atoms with E-state index in [1.54, 1.807) is 48.5 Å². The Kier molecular flexibility index (Phi) is 7.11. The van der Waals surface area contributed by atoms with Crippen LogP contribution in [0.4, 0.5) is 0 Å². The molecule has 2 heterocycles. The number of nitrogens with zero attached hydrogens (tertiary/aromatic N) is 2. The molecule has 2 fully saturated rings. The molecule has 9 heteroatoms. The van der Waals surface area contributed by atoms with Crippen molar-refractivity contribution in [2.24, 2.45) is 0 Å². The van der Waals surface area contributed by atoms with Crippen molar-refractivity contribution >= 4 is 11.8 Å². The molecule has 0 aliphatic carbocycles. The van der Waals surface area contributed by atoms with E-state index in [0.717, 1.165) is 52.4 Å². The van der Waals surface area contributed by atoms with Crippen LogP contribution in [-0.4, -0.2) is 74.2 Å². The molecule has 0 aromatic heterocycles. The molecule has 0 saturated carbocycles. The van der Waals surface area contributed by atoms with E-state index in [2.05, 4.69) is 21.5 Å². The highest BCUT2D eigenvalue weighted by molar-refractivity contribution is 5.94. The van der Waals surface area contributed by atoms with Gasteiger partial charge < -0.3 is 15.4 Å². The van der Waals surface area contributed by atoms with E-state index >= 15 is 0 Å². The number of carbonyl (C=O) groups excluding carboxylic acids is 2. The molecule has 2 saturated heterocycles. The maximum absolute atomic E-state index is 12.4. The Morgan fingerprint density at radius 3 is 1.35 bits per heavy atom. The van der Waals surface area contributed by atoms with Crippen LogP contribution in [0, 0.1) is 0 Å². The fourth-order valence-corrected chi connectivity index (χ4v) is 3.45. The molecule has 4 rings (SSSR count). The minimum absolute atomic E-state index is 0.131. The zero-order valence-corrected chi connectivity index (χ0v) is 17.4. The molecule has 2 aliphatic heterocycles. The molecule has 0 radical (unpaired) electrons. The van der Waals surface area contributed by atoms with Crippen molar-refractivity contribution in [1.82, 2.24) is 31.5 Å². The number of nitrogens with one attached hydrogen (secondary N) is 4. The van der Waals surface area contributed by atoms with Crippen LogP contribution in [0.2, 0.25) is 0 Å². The summed E-state index contributed by atoms with van der Waals surface area (Å²) in [6, 6.07) is 14.0. The number of hydrazine groups is 2. The largest absolute Gasteiger partial charge is 0.457 e. The fraction of sp³-hybridized carbons (Fsp3) is 0.364. The monoisotopic (exact) mass is 424 g/mol. The SMILES string of the molecule is O=C(NN1CCNCC1)c1ccc(Oc2ccc(C(=O)NN3CCNCC3)cc2)cc1. The summed E-state index contributed by atoms with van der Waals surface area (Å²) in [6.07, 6.45) is 0. The van der Waals surface area contributed by atoms with Crippen molar-refractivity contribution in [3.63, 3.8) is 0 Å². The summed E-state index contributed by atoms with van der Waals surface area (Å²) in [5.41, 5.74) is 6.99. The quantitative estimate of drug-likeness (QED) is 0.539. The standard InChI is InChI=1S/C22H28N6O3/c29-21(25-27-13-9-23-10-14-27)17-1-5-19(6-2-17)31-20-7-3-18(4-8-20)22(30)26-28-15-11-24-12-16-28/h1-8,23-24H,9-16H2,(H,25,29)(H,26,30). The van der Waals surface area contributed by atoms with Crippen LogP contribution >= 0.6 is 0 Å². The number of piperazine rings is 2. The van der Waals surface area contributed by atoms with Gasteiger partial charge in [0.05, 0.1) is 0 Å². The van der Waals surface area contributed by atoms with Gasteiger partial charge in [-0.2, -0.15) is 0 Å². The molecule has 164 valence electrons. The van der Waals surface area contributed by atoms with E-state index in [9.17, 15) is 9.59 Å². The first-order valence-corrected chi connectivity index (χ1v) is 10.6. The Hall–Kier alpha value is -2.98. The van der Waals surface area contributed by atoms with Crippen molar-refractivity contribution in [2.45, 2.75) is 0 Å². The summed E-state index contributed by atoms with van der Waals surface area (Å²) in [7, 11) is 0. The lowest BCUT2D eigenvalue weighted by atomic mass is 10.2. The molecule has 31 heavy (non-hydrogen) atoms. The number of carbonyl (C=O) groups is 2. The Labute approximate surface area is 181 Å². The van der Waals surface area contributed by atoms with Crippen molar-refractivity contribution in [1.29, 1.82) is 0 Å². The molecule has 0 spiro atoms. The third kappa shape index (κ3) is 6.02. The predicted octanol–water partition coefficient (Wildman–Crippen LogP) is 0.579. The zero-order chi connectivity index (χ0) is 21.5. The van der Waals surface area contributed by atoms with E-state index in [0.29, 0.717) is 22.6 Å². The van der Waals surface area contributed by atoms with E-state index in [1.807, 2.05) is 10.0 Å². The van der Waals surface area contributed by atoms with Gasteiger partial charge >= 0.3 is 0 Å². The Morgan fingerprint density at radius 1 is 0.645 bits per heavy atom. The van der Waals surface area contributed by atoms with Crippen LogP contribution in [0.1, 0.15) is 20.7 Å². The van der Waals surface area contributed by atoms with Gasteiger partial charge in [0.2, 0.25) is 0 Å². The summed E-state index contributed by atoms with van der Waals surface area (Å²) in [6.45, 7) is 6.61. The van der Waals surface area contributed by atoms with Crippen LogP contribution in [0.3, 0.4) is 0 Å². The van der Waals surface area contributed by atoms with Crippen LogP contribution in [0.25, 0.3) is 0 Å². The normalized spacial score (nSPS) is 17.7. The Bertz CT molecular complexity index is 802. The predicted molar refractivity (Wildman–Crippen MR) is 117 cm³/mol. The Morgan fingerprint density at radius 2 is 1.00 bits per heavy atom. The third-order valence-electron chi connectivity index (χ3n) is 5.22. The second-order valence-electron chi connectivity index (χ2n) is 7.51. The lowest BCUT2D eigenvalue weighted by Gasteiger charge is -2.27. The molecule has 2 amide bonds. The molecule has 2 aromatic rings. The van der Waals surface area contributed by atoms with Crippen LogP contribution < -0.4 is 26.2 Å². The lowest BCUT2D eigenvalue weighted by Crippen LogP contribution is -2.52. The van der Waals surface area contributed by atoms with Crippen LogP contribution in [0.5, 0.6) is 11.5 Å². The number of rotatable bonds is 6. The zero-order valence-electron chi connectivity index (χ0n) is 17.4. The van der Waals surface area contributed by atoms with Crippen molar-refractivity contribution in [3.8, 4) is 11.5 Å². The fourth-order valence-electron chi connectivity index (χ4n) is 3.45. The summed E-state index contributed by atoms with van der Waals surface area (Å²) >= 11 is 0. The van der Waals surface area contributed by atoms with Gasteiger partial charge in [-0.05, 0) is 48.5 Å². The third-order valence-corrected chi connectivity index (χ3v) is 5.22. The summed E-state index contributed by atoms with van der Waals surface area (Å²) in [5.74, 6) is 0.982. The first-order chi connectivity index (χ1) is 15.2. The van der Waals surface area contributed by atoms with Gasteiger partial charge in [0.15, 0.2) is 0 Å². The average molecular weight is 425 g/mol. The van der Waals surface area contributed by atoms with Gasteiger partial charge in [0, 0.05) is 63.5 Å². The van der Waals surface area contributed by atoms with Crippen molar-refractivity contribution < 1.29 is 14.3 Å². The van der Waals surface area contributed by atoms with E-state index < -0.39 is 0 Å². The highest BCUT2D eigenvalue weighted by Gasteiger charge is 2.15. The molecule has 0 unspecified atom stereocenters. The number of ether oxygens (including phenoxy) is 1. The maximum Gasteiger partial charge on any atom is 0.265 e. The molecule has 2 aromatic carbocycles. The number of hydrogen-bond acceptors (Lipinski definition) is 7. The van der Waals surface area contributed by atoms with E-state index in [-0.39, 0.29) is 11.8 Å². The van der Waals surface area contributed by atoms with Gasteiger partial charge in [-0.1, -0.05) is 0 Å². The van der Waals surface area contributed by atoms with Gasteiger partial charge in [-0.15, -0.1) is 0 Å². The molecule has 0 atom stereocenters. The summed E-state index contributed by atoms with van der Waals surface area (Å²) < 4.78 is 5.85. The second kappa shape index (κ2) is 10.4. The topological polar surface area (TPSA) is 98.0 Å². The minimum Gasteiger partial charge on any atom is -0.457 e. The summed E-state index contributed by atoms with van der Waals surface area (Å²) in [4.78, 5) is 24.7. The first kappa shape index (κ1) is 21.3. The number of benzene rings is 2. The molecular formula is C22H28N6O3. The van der Waals surface area contributed by atoms with Gasteiger partial charge in [-0.3, -0.25) is 20.4 Å². The average Bonchev–Trinajstić information content (AvgIpc) is 2.81. The van der Waals surface area contributed by atoms with Gasteiger partial charge in [0.25, 0.3) is 11.8 Å². The lowest BCUT2D eigenvalue weighted by molar-refractivity contribution is 0.0757. The highest BCUT2D eigenvalue weighted by Crippen LogP contribution is 2.22. The van der Waals surface area contributed by atoms with E-state index in [4.69, 9.17) is 4.74 Å². The first-order valence-electron chi connectivity index (χ1n) is 10.6. The maximum atomic E-state index is 12.4. The minimum atomic E-state index is -0.131.